The molecule has 0 amide bonds. The maximum atomic E-state index is 11.9. The Hall–Kier alpha value is -0.970. The number of rotatable bonds is 7. The van der Waals surface area contributed by atoms with Gasteiger partial charge >= 0.3 is 5.97 Å². The highest BCUT2D eigenvalue weighted by Gasteiger charge is 2.50. The van der Waals surface area contributed by atoms with E-state index in [0.29, 0.717) is 0 Å². The number of hydrogen-bond acceptors (Lipinski definition) is 13. The highest BCUT2D eigenvalue weighted by atomic mass is 16.8. The lowest BCUT2D eigenvalue weighted by Crippen LogP contribution is -2.63. The van der Waals surface area contributed by atoms with Crippen LogP contribution in [0.15, 0.2) is 0 Å². The molecule has 2 aliphatic heterocycles. The predicted molar refractivity (Wildman–Crippen MR) is 93.3 cm³/mol. The predicted octanol–water partition coefficient (Wildman–Crippen LogP) is -4.83. The first-order chi connectivity index (χ1) is 14.0. The molecule has 2 rings (SSSR count). The maximum Gasteiger partial charge on any atom is 0.311 e. The van der Waals surface area contributed by atoms with Crippen LogP contribution in [-0.2, 0) is 23.7 Å². The summed E-state index contributed by atoms with van der Waals surface area (Å²) in [6.07, 6.45) is -17.4. The zero-order chi connectivity index (χ0) is 22.7. The number of aliphatic hydroxyl groups excluding tert-OH is 8. The summed E-state index contributed by atoms with van der Waals surface area (Å²) in [6.45, 7) is 1.56. The molecular formula is C17H30O13. The summed E-state index contributed by atoms with van der Waals surface area (Å²) < 4.78 is 20.7. The van der Waals surface area contributed by atoms with E-state index in [-0.39, 0.29) is 0 Å². The second-order valence-corrected chi connectivity index (χ2v) is 7.51. The van der Waals surface area contributed by atoms with Crippen LogP contribution in [0.2, 0.25) is 0 Å². The molecule has 0 aromatic carbocycles. The molecule has 2 heterocycles. The Labute approximate surface area is 172 Å². The monoisotopic (exact) mass is 442 g/mol. The molecule has 13 heteroatoms. The van der Waals surface area contributed by atoms with Gasteiger partial charge in [-0.3, -0.25) is 4.79 Å². The van der Waals surface area contributed by atoms with Crippen LogP contribution < -0.4 is 0 Å². The number of hydrogen-bond donors (Lipinski definition) is 8. The number of carbonyl (C=O) groups excluding carboxylic acids is 1. The third kappa shape index (κ3) is 5.44. The summed E-state index contributed by atoms with van der Waals surface area (Å²) in [5, 5.41) is 78.5. The van der Waals surface area contributed by atoms with Gasteiger partial charge in [0.15, 0.2) is 12.6 Å². The molecule has 2 aliphatic rings. The summed E-state index contributed by atoms with van der Waals surface area (Å²) in [7, 11) is 0. The molecule has 2 fully saturated rings. The van der Waals surface area contributed by atoms with Gasteiger partial charge in [-0.25, -0.2) is 0 Å². The van der Waals surface area contributed by atoms with E-state index in [1.807, 2.05) is 0 Å². The number of aliphatic hydroxyl groups is 8. The molecule has 0 saturated carbocycles. The van der Waals surface area contributed by atoms with Crippen LogP contribution >= 0.6 is 0 Å². The number of esters is 1. The first kappa shape index (κ1) is 25.3. The molecule has 2 saturated heterocycles. The van der Waals surface area contributed by atoms with Gasteiger partial charge < -0.3 is 59.8 Å². The van der Waals surface area contributed by atoms with Gasteiger partial charge in [-0.1, -0.05) is 0 Å². The summed E-state index contributed by atoms with van der Waals surface area (Å²) in [6, 6.07) is 0. The van der Waals surface area contributed by atoms with Crippen molar-refractivity contribution in [1.82, 2.24) is 0 Å². The summed E-state index contributed by atoms with van der Waals surface area (Å²) in [5.41, 5.74) is 0. The fourth-order valence-corrected chi connectivity index (χ4v) is 2.97. The van der Waals surface area contributed by atoms with Crippen molar-refractivity contribution in [3.05, 3.63) is 0 Å². The fourth-order valence-electron chi connectivity index (χ4n) is 2.97. The Bertz CT molecular complexity index is 558. The molecule has 176 valence electrons. The first-order valence-electron chi connectivity index (χ1n) is 9.49. The van der Waals surface area contributed by atoms with Gasteiger partial charge in [-0.15, -0.1) is 0 Å². The summed E-state index contributed by atoms with van der Waals surface area (Å²) >= 11 is 0. The van der Waals surface area contributed by atoms with Crippen molar-refractivity contribution in [2.45, 2.75) is 81.4 Å². The minimum Gasteiger partial charge on any atom is -0.463 e. The topological polar surface area (TPSA) is 216 Å². The van der Waals surface area contributed by atoms with E-state index in [1.54, 1.807) is 0 Å². The molecule has 13 nitrogen and oxygen atoms in total. The van der Waals surface area contributed by atoms with E-state index in [9.17, 15) is 45.6 Å². The van der Waals surface area contributed by atoms with Gasteiger partial charge in [0.1, 0.15) is 55.4 Å². The third-order valence-electron chi connectivity index (χ3n) is 5.27. The SMILES string of the molecule is C[C@@H](O)[C@@H](C)C(=O)OCC1OC(OC2OC(CO)C(O)C(O)C2O)C(O)C(O)C1O. The van der Waals surface area contributed by atoms with Crippen molar-refractivity contribution < 1.29 is 64.6 Å². The molecule has 10 unspecified atom stereocenters. The lowest BCUT2D eigenvalue weighted by molar-refractivity contribution is -0.376. The Balaban J connectivity index is 2.04. The van der Waals surface area contributed by atoms with Crippen LogP contribution in [0, 0.1) is 5.92 Å². The molecule has 0 radical (unpaired) electrons. The molecule has 30 heavy (non-hydrogen) atoms. The average molecular weight is 442 g/mol. The number of ether oxygens (including phenoxy) is 4. The standard InChI is InChI=1S/C17H30O13/c1-5(6(2)19)15(26)27-4-8-10(21)12(23)14(25)17(29-8)30-16-13(24)11(22)9(20)7(3-18)28-16/h5-14,16-25H,3-4H2,1-2H3/t5-,6-,7?,8?,9?,10?,11?,12?,13?,14?,16?,17?/m1/s1. The van der Waals surface area contributed by atoms with Crippen LogP contribution in [0.4, 0.5) is 0 Å². The van der Waals surface area contributed by atoms with Gasteiger partial charge in [0, 0.05) is 0 Å². The second-order valence-electron chi connectivity index (χ2n) is 7.51. The molecule has 0 bridgehead atoms. The lowest BCUT2D eigenvalue weighted by Gasteiger charge is -2.44. The summed E-state index contributed by atoms with van der Waals surface area (Å²) in [5.74, 6) is -1.64. The normalized spacial score (nSPS) is 44.3. The molecule has 0 aromatic heterocycles. The third-order valence-corrected chi connectivity index (χ3v) is 5.27. The van der Waals surface area contributed by atoms with Crippen LogP contribution in [0.1, 0.15) is 13.8 Å². The maximum absolute atomic E-state index is 11.9. The first-order valence-corrected chi connectivity index (χ1v) is 9.49. The van der Waals surface area contributed by atoms with Gasteiger partial charge in [0.2, 0.25) is 0 Å². The smallest absolute Gasteiger partial charge is 0.311 e. The quantitative estimate of drug-likeness (QED) is 0.174. The minimum atomic E-state index is -1.81. The average Bonchev–Trinajstić information content (AvgIpc) is 2.72. The van der Waals surface area contributed by atoms with E-state index in [2.05, 4.69) is 0 Å². The van der Waals surface area contributed by atoms with Crippen molar-refractivity contribution in [2.75, 3.05) is 13.2 Å². The molecule has 12 atom stereocenters. The van der Waals surface area contributed by atoms with E-state index in [4.69, 9.17) is 18.9 Å². The van der Waals surface area contributed by atoms with E-state index in [0.717, 1.165) is 0 Å². The van der Waals surface area contributed by atoms with Crippen LogP contribution in [0.3, 0.4) is 0 Å². The van der Waals surface area contributed by atoms with Crippen molar-refractivity contribution in [2.24, 2.45) is 5.92 Å². The molecule has 0 aliphatic carbocycles. The van der Waals surface area contributed by atoms with Crippen molar-refractivity contribution >= 4 is 5.97 Å². The zero-order valence-corrected chi connectivity index (χ0v) is 16.5. The van der Waals surface area contributed by atoms with E-state index < -0.39 is 92.6 Å². The van der Waals surface area contributed by atoms with Crippen LogP contribution in [-0.4, -0.2) is 128 Å². The molecule has 0 aromatic rings. The van der Waals surface area contributed by atoms with E-state index >= 15 is 0 Å². The van der Waals surface area contributed by atoms with Gasteiger partial charge in [0.25, 0.3) is 0 Å². The lowest BCUT2D eigenvalue weighted by atomic mass is 9.98. The van der Waals surface area contributed by atoms with Gasteiger partial charge in [0.05, 0.1) is 18.6 Å². The fraction of sp³-hybridized carbons (Fsp3) is 0.941. The zero-order valence-electron chi connectivity index (χ0n) is 16.5. The molecule has 0 spiro atoms. The summed E-state index contributed by atoms with van der Waals surface area (Å²) in [4.78, 5) is 11.9. The molecular weight excluding hydrogens is 412 g/mol. The van der Waals surface area contributed by atoms with Crippen molar-refractivity contribution in [3.63, 3.8) is 0 Å². The highest BCUT2D eigenvalue weighted by molar-refractivity contribution is 5.72. The van der Waals surface area contributed by atoms with Crippen molar-refractivity contribution in [3.8, 4) is 0 Å². The Morgan fingerprint density at radius 1 is 0.833 bits per heavy atom. The Morgan fingerprint density at radius 3 is 1.77 bits per heavy atom. The Morgan fingerprint density at radius 2 is 1.30 bits per heavy atom. The number of carbonyl (C=O) groups is 1. The van der Waals surface area contributed by atoms with Gasteiger partial charge in [-0.05, 0) is 13.8 Å². The van der Waals surface area contributed by atoms with E-state index in [1.165, 1.54) is 13.8 Å². The van der Waals surface area contributed by atoms with Gasteiger partial charge in [-0.2, -0.15) is 0 Å². The van der Waals surface area contributed by atoms with Crippen LogP contribution in [0.25, 0.3) is 0 Å². The molecule has 8 N–H and O–H groups in total. The Kier molecular flexibility index (Phi) is 8.91. The largest absolute Gasteiger partial charge is 0.463 e. The highest BCUT2D eigenvalue weighted by Crippen LogP contribution is 2.28. The minimum absolute atomic E-state index is 0.546. The van der Waals surface area contributed by atoms with Crippen LogP contribution in [0.5, 0.6) is 0 Å². The second kappa shape index (κ2) is 10.6. The van der Waals surface area contributed by atoms with Crippen molar-refractivity contribution in [1.29, 1.82) is 0 Å².